The first-order valence-corrected chi connectivity index (χ1v) is 11.1. The molecule has 6 nitrogen and oxygen atoms in total. The smallest absolute Gasteiger partial charge is 0.358 e. The Morgan fingerprint density at radius 1 is 0.795 bits per heavy atom. The van der Waals surface area contributed by atoms with Crippen LogP contribution < -0.4 is 0 Å². The number of fused-ring (bicyclic) bond motifs is 1. The highest BCUT2D eigenvalue weighted by Gasteiger charge is 2.39. The predicted octanol–water partition coefficient (Wildman–Crippen LogP) is 7.20. The van der Waals surface area contributed by atoms with E-state index >= 15 is 0 Å². The van der Waals surface area contributed by atoms with Gasteiger partial charge in [-0.1, -0.05) is 17.3 Å². The Morgan fingerprint density at radius 3 is 2.21 bits per heavy atom. The molecule has 1 aromatic heterocycles. The van der Waals surface area contributed by atoms with Gasteiger partial charge in [-0.05, 0) is 38.1 Å². The molecule has 2 aliphatic rings. The van der Waals surface area contributed by atoms with E-state index in [0.717, 1.165) is 6.07 Å². The number of halogens is 8. The molecule has 202 valence electrons. The van der Waals surface area contributed by atoms with Crippen molar-refractivity contribution in [2.75, 3.05) is 0 Å². The van der Waals surface area contributed by atoms with E-state index in [-0.39, 0.29) is 40.3 Å². The zero-order chi connectivity index (χ0) is 28.3. The van der Waals surface area contributed by atoms with Crippen molar-refractivity contribution in [1.29, 1.82) is 0 Å². The Hall–Kier alpha value is -4.36. The van der Waals surface area contributed by atoms with E-state index < -0.39 is 46.2 Å². The molecule has 39 heavy (non-hydrogen) atoms. The maximum absolute atomic E-state index is 14.2. The first kappa shape index (κ1) is 26.3. The lowest BCUT2D eigenvalue weighted by Crippen LogP contribution is -2.29. The molecule has 2 aliphatic heterocycles. The quantitative estimate of drug-likeness (QED) is 0.220. The number of nitrogens with zero attached hydrogens (tertiary/aromatic N) is 5. The highest BCUT2D eigenvalue weighted by Crippen LogP contribution is 2.41. The summed E-state index contributed by atoms with van der Waals surface area (Å²) in [5.74, 6) is -2.25. The van der Waals surface area contributed by atoms with Gasteiger partial charge in [0.2, 0.25) is 0 Å². The van der Waals surface area contributed by atoms with Gasteiger partial charge in [-0.25, -0.2) is 18.7 Å². The van der Waals surface area contributed by atoms with Crippen molar-refractivity contribution >= 4 is 0 Å². The molecule has 0 unspecified atom stereocenters. The van der Waals surface area contributed by atoms with Crippen molar-refractivity contribution in [2.24, 2.45) is 0 Å². The van der Waals surface area contributed by atoms with Crippen LogP contribution >= 0.6 is 0 Å². The van der Waals surface area contributed by atoms with Crippen LogP contribution in [0.1, 0.15) is 30.7 Å². The van der Waals surface area contributed by atoms with E-state index in [4.69, 9.17) is 4.52 Å². The molecule has 5 rings (SSSR count). The molecule has 2 aromatic carbocycles. The van der Waals surface area contributed by atoms with Crippen molar-refractivity contribution < 1.29 is 39.6 Å². The zero-order valence-electron chi connectivity index (χ0n) is 19.9. The van der Waals surface area contributed by atoms with Crippen LogP contribution in [0.25, 0.3) is 34.0 Å². The third-order valence-electron chi connectivity index (χ3n) is 6.07. The Kier molecular flexibility index (Phi) is 5.96. The van der Waals surface area contributed by atoms with E-state index in [1.54, 1.807) is 13.8 Å². The van der Waals surface area contributed by atoms with Gasteiger partial charge in [0.15, 0.2) is 23.2 Å². The minimum Gasteiger partial charge on any atom is -0.358 e. The highest BCUT2D eigenvalue weighted by molar-refractivity contribution is 5.67. The van der Waals surface area contributed by atoms with Crippen LogP contribution in [0.5, 0.6) is 0 Å². The van der Waals surface area contributed by atoms with Gasteiger partial charge in [-0.2, -0.15) is 31.4 Å². The summed E-state index contributed by atoms with van der Waals surface area (Å²) >= 11 is 0. The predicted molar refractivity (Wildman–Crippen MR) is 120 cm³/mol. The van der Waals surface area contributed by atoms with E-state index in [2.05, 4.69) is 20.2 Å². The summed E-state index contributed by atoms with van der Waals surface area (Å²) in [5.41, 5.74) is -4.75. The number of rotatable bonds is 4. The molecule has 0 atom stereocenters. The van der Waals surface area contributed by atoms with Crippen molar-refractivity contribution in [2.45, 2.75) is 31.7 Å². The van der Waals surface area contributed by atoms with Gasteiger partial charge < -0.3 is 4.52 Å². The Morgan fingerprint density at radius 2 is 1.51 bits per heavy atom. The zero-order valence-corrected chi connectivity index (χ0v) is 19.9. The fourth-order valence-electron chi connectivity index (χ4n) is 3.91. The van der Waals surface area contributed by atoms with Gasteiger partial charge in [0.1, 0.15) is 22.6 Å². The first-order valence-electron chi connectivity index (χ1n) is 11.1. The van der Waals surface area contributed by atoms with Crippen LogP contribution in [-0.2, 0) is 17.9 Å². The highest BCUT2D eigenvalue weighted by atomic mass is 19.4. The average Bonchev–Trinajstić information content (AvgIpc) is 3.52. The van der Waals surface area contributed by atoms with E-state index in [1.807, 2.05) is 0 Å². The van der Waals surface area contributed by atoms with Gasteiger partial charge in [0.05, 0.1) is 29.1 Å². The summed E-state index contributed by atoms with van der Waals surface area (Å²) in [5, 5.41) is 7.90. The molecule has 0 saturated heterocycles. The van der Waals surface area contributed by atoms with Crippen molar-refractivity contribution in [3.05, 3.63) is 83.4 Å². The van der Waals surface area contributed by atoms with Gasteiger partial charge in [-0.3, -0.25) is 4.68 Å². The molecule has 0 aliphatic carbocycles. The first-order chi connectivity index (χ1) is 18.2. The van der Waals surface area contributed by atoms with Crippen LogP contribution in [0.3, 0.4) is 0 Å². The summed E-state index contributed by atoms with van der Waals surface area (Å²) in [6.07, 6.45) is -7.34. The molecule has 0 bridgehead atoms. The molecule has 0 saturated carbocycles. The molecule has 0 fully saturated rings. The summed E-state index contributed by atoms with van der Waals surface area (Å²) in [7, 11) is 0. The minimum atomic E-state index is -5.10. The number of imidazole rings is 1. The molecule has 3 aromatic rings. The number of aromatic nitrogens is 5. The van der Waals surface area contributed by atoms with Gasteiger partial charge in [0.25, 0.3) is 0 Å². The second-order valence-corrected chi connectivity index (χ2v) is 9.03. The normalized spacial score (nSPS) is 12.9. The van der Waals surface area contributed by atoms with Crippen molar-refractivity contribution in [3.8, 4) is 34.0 Å². The fourth-order valence-corrected chi connectivity index (χ4v) is 3.91. The Bertz CT molecular complexity index is 1650. The Labute approximate surface area is 214 Å². The molecule has 0 N–H and O–H groups in total. The minimum absolute atomic E-state index is 0.0200. The number of hydrogen-bond donors (Lipinski definition) is 0. The summed E-state index contributed by atoms with van der Waals surface area (Å²) in [6.45, 7) is 3.19. The molecule has 0 amide bonds. The summed E-state index contributed by atoms with van der Waals surface area (Å²) in [6, 6.07) is 5.97. The van der Waals surface area contributed by atoms with E-state index in [0.29, 0.717) is 12.1 Å². The largest absolute Gasteiger partial charge is 0.417 e. The van der Waals surface area contributed by atoms with E-state index in [1.165, 1.54) is 35.3 Å². The SMILES string of the molecule is CC(C)(c1cc(-c2ccc(C(F)(F)F)cc2C(F)(F)F)no1)n1cc2nc(-c3cccc(F)c3F)nc-2cn1. The van der Waals surface area contributed by atoms with Gasteiger partial charge in [0, 0.05) is 11.6 Å². The van der Waals surface area contributed by atoms with Gasteiger partial charge in [-0.15, -0.1) is 0 Å². The number of benzene rings is 2. The van der Waals surface area contributed by atoms with Crippen LogP contribution in [0, 0.1) is 11.6 Å². The van der Waals surface area contributed by atoms with Crippen LogP contribution in [-0.4, -0.2) is 24.9 Å². The van der Waals surface area contributed by atoms with Gasteiger partial charge >= 0.3 is 12.4 Å². The monoisotopic (exact) mass is 553 g/mol. The molecular weight excluding hydrogens is 538 g/mol. The second-order valence-electron chi connectivity index (χ2n) is 9.03. The fraction of sp³-hybridized carbons (Fsp3) is 0.200. The number of alkyl halides is 6. The van der Waals surface area contributed by atoms with Crippen molar-refractivity contribution in [3.63, 3.8) is 0 Å². The average molecular weight is 553 g/mol. The summed E-state index contributed by atoms with van der Waals surface area (Å²) in [4.78, 5) is 8.40. The molecule has 3 heterocycles. The van der Waals surface area contributed by atoms with E-state index in [9.17, 15) is 35.1 Å². The maximum atomic E-state index is 14.2. The third kappa shape index (κ3) is 4.70. The van der Waals surface area contributed by atoms with Crippen molar-refractivity contribution in [1.82, 2.24) is 24.9 Å². The van der Waals surface area contributed by atoms with Crippen LogP contribution in [0.2, 0.25) is 0 Å². The lowest BCUT2D eigenvalue weighted by molar-refractivity contribution is -0.142. The maximum Gasteiger partial charge on any atom is 0.417 e. The third-order valence-corrected chi connectivity index (χ3v) is 6.07. The van der Waals surface area contributed by atoms with Crippen LogP contribution in [0.15, 0.2) is 59.4 Å². The lowest BCUT2D eigenvalue weighted by atomic mass is 9.97. The second kappa shape index (κ2) is 8.85. The summed E-state index contributed by atoms with van der Waals surface area (Å²) < 4.78 is 114. The number of hydrogen-bond acceptors (Lipinski definition) is 5. The molecule has 14 heteroatoms. The standard InChI is InChI=1S/C25H15F8N5O/c1-23(2,38-11-19-18(10-34-38)35-22(36-19)14-4-3-5-16(26)21(14)27)20-9-17(37-39-20)13-7-6-12(24(28,29)30)8-15(13)25(31,32)33/h3-11H,1-2H3. The molecule has 0 radical (unpaired) electrons. The molecule has 0 spiro atoms. The Balaban J connectivity index is 1.52. The van der Waals surface area contributed by atoms with Crippen LogP contribution in [0.4, 0.5) is 35.1 Å². The topological polar surface area (TPSA) is 69.6 Å². The molecular formula is C25H15F8N5O. The lowest BCUT2D eigenvalue weighted by Gasteiger charge is -2.24.